The molecule has 6 nitrogen and oxygen atoms in total. The van der Waals surface area contributed by atoms with Gasteiger partial charge in [0.25, 0.3) is 0 Å². The Hall–Kier alpha value is -3.12. The molecule has 2 amide bonds. The highest BCUT2D eigenvalue weighted by molar-refractivity contribution is 5.89. The van der Waals surface area contributed by atoms with Crippen molar-refractivity contribution in [2.24, 2.45) is 0 Å². The van der Waals surface area contributed by atoms with Crippen LogP contribution in [-0.4, -0.2) is 65.4 Å². The molecule has 1 atom stereocenters. The molecule has 1 aliphatic heterocycles. The first kappa shape index (κ1) is 21.1. The van der Waals surface area contributed by atoms with E-state index in [1.54, 1.807) is 0 Å². The lowest BCUT2D eigenvalue weighted by atomic mass is 10.0. The van der Waals surface area contributed by atoms with E-state index in [1.807, 2.05) is 41.4 Å². The fourth-order valence-corrected chi connectivity index (χ4v) is 4.31. The minimum absolute atomic E-state index is 0.00295. The third-order valence-electron chi connectivity index (χ3n) is 6.02. The van der Waals surface area contributed by atoms with Crippen LogP contribution >= 0.6 is 0 Å². The van der Waals surface area contributed by atoms with Crippen molar-refractivity contribution in [2.45, 2.75) is 25.8 Å². The molecule has 6 heteroatoms. The van der Waals surface area contributed by atoms with Crippen molar-refractivity contribution in [3.05, 3.63) is 71.9 Å². The number of carbonyl (C=O) groups excluding carboxylic acids is 2. The van der Waals surface area contributed by atoms with Crippen LogP contribution < -0.4 is 5.32 Å². The van der Waals surface area contributed by atoms with Crippen molar-refractivity contribution < 1.29 is 9.59 Å². The number of benzene rings is 2. The second kappa shape index (κ2) is 9.79. The SMILES string of the molecule is CC(=O)N[C@@H](Cc1c[nH]c2ccccc12)C(=O)N1CCN(CCc2ccccc2)CC1. The molecular formula is C25H30N4O2. The zero-order valence-corrected chi connectivity index (χ0v) is 18.0. The first-order valence-electron chi connectivity index (χ1n) is 11.0. The quantitative estimate of drug-likeness (QED) is 0.620. The highest BCUT2D eigenvalue weighted by Gasteiger charge is 2.28. The van der Waals surface area contributed by atoms with Crippen molar-refractivity contribution in [3.63, 3.8) is 0 Å². The Labute approximate surface area is 183 Å². The Balaban J connectivity index is 1.36. The van der Waals surface area contributed by atoms with E-state index >= 15 is 0 Å². The van der Waals surface area contributed by atoms with Crippen LogP contribution in [0, 0.1) is 0 Å². The molecule has 0 aliphatic carbocycles. The summed E-state index contributed by atoms with van der Waals surface area (Å²) in [5.41, 5.74) is 3.42. The predicted molar refractivity (Wildman–Crippen MR) is 123 cm³/mol. The zero-order chi connectivity index (χ0) is 21.6. The number of hydrogen-bond acceptors (Lipinski definition) is 3. The number of para-hydroxylation sites is 1. The number of piperazine rings is 1. The van der Waals surface area contributed by atoms with Crippen LogP contribution in [0.3, 0.4) is 0 Å². The van der Waals surface area contributed by atoms with E-state index in [0.29, 0.717) is 19.5 Å². The summed E-state index contributed by atoms with van der Waals surface area (Å²) in [6.07, 6.45) is 3.44. The largest absolute Gasteiger partial charge is 0.361 e. The van der Waals surface area contributed by atoms with Gasteiger partial charge in [0.15, 0.2) is 0 Å². The van der Waals surface area contributed by atoms with Crippen LogP contribution in [0.25, 0.3) is 10.9 Å². The Kier molecular flexibility index (Phi) is 6.67. The Morgan fingerprint density at radius 3 is 2.45 bits per heavy atom. The number of rotatable bonds is 7. The molecular weight excluding hydrogens is 388 g/mol. The Morgan fingerprint density at radius 2 is 1.71 bits per heavy atom. The summed E-state index contributed by atoms with van der Waals surface area (Å²) in [4.78, 5) is 32.6. The lowest BCUT2D eigenvalue weighted by Crippen LogP contribution is -2.55. The van der Waals surface area contributed by atoms with Crippen LogP contribution in [0.4, 0.5) is 0 Å². The summed E-state index contributed by atoms with van der Waals surface area (Å²) in [5.74, 6) is -0.178. The van der Waals surface area contributed by atoms with Gasteiger partial charge in [-0.15, -0.1) is 0 Å². The van der Waals surface area contributed by atoms with E-state index in [1.165, 1.54) is 12.5 Å². The summed E-state index contributed by atoms with van der Waals surface area (Å²) in [6, 6.07) is 18.0. The van der Waals surface area contributed by atoms with Crippen LogP contribution in [0.1, 0.15) is 18.1 Å². The fraction of sp³-hybridized carbons (Fsp3) is 0.360. The number of aromatic nitrogens is 1. The van der Waals surface area contributed by atoms with Gasteiger partial charge in [-0.3, -0.25) is 14.5 Å². The molecule has 2 N–H and O–H groups in total. The van der Waals surface area contributed by atoms with E-state index in [2.05, 4.69) is 39.5 Å². The smallest absolute Gasteiger partial charge is 0.245 e. The number of nitrogens with zero attached hydrogens (tertiary/aromatic N) is 2. The van der Waals surface area contributed by atoms with Gasteiger partial charge >= 0.3 is 0 Å². The molecule has 0 unspecified atom stereocenters. The molecule has 2 aromatic carbocycles. The van der Waals surface area contributed by atoms with Gasteiger partial charge in [-0.1, -0.05) is 48.5 Å². The number of nitrogens with one attached hydrogen (secondary N) is 2. The third-order valence-corrected chi connectivity index (χ3v) is 6.02. The molecule has 1 saturated heterocycles. The van der Waals surface area contributed by atoms with Gasteiger partial charge < -0.3 is 15.2 Å². The topological polar surface area (TPSA) is 68.4 Å². The zero-order valence-electron chi connectivity index (χ0n) is 18.0. The van der Waals surface area contributed by atoms with Crippen LogP contribution in [0.15, 0.2) is 60.8 Å². The highest BCUT2D eigenvalue weighted by atomic mass is 16.2. The van der Waals surface area contributed by atoms with Gasteiger partial charge in [0.05, 0.1) is 0 Å². The van der Waals surface area contributed by atoms with Crippen LogP contribution in [0.2, 0.25) is 0 Å². The maximum atomic E-state index is 13.3. The molecule has 31 heavy (non-hydrogen) atoms. The molecule has 0 saturated carbocycles. The summed E-state index contributed by atoms with van der Waals surface area (Å²) in [5, 5.41) is 3.97. The molecule has 0 spiro atoms. The maximum absolute atomic E-state index is 13.3. The van der Waals surface area contributed by atoms with Gasteiger partial charge in [-0.05, 0) is 23.6 Å². The highest BCUT2D eigenvalue weighted by Crippen LogP contribution is 2.20. The second-order valence-electron chi connectivity index (χ2n) is 8.22. The third kappa shape index (κ3) is 5.33. The van der Waals surface area contributed by atoms with Gasteiger partial charge in [0, 0.05) is 63.2 Å². The minimum Gasteiger partial charge on any atom is -0.361 e. The van der Waals surface area contributed by atoms with Gasteiger partial charge in [0.1, 0.15) is 6.04 Å². The van der Waals surface area contributed by atoms with E-state index in [4.69, 9.17) is 0 Å². The van der Waals surface area contributed by atoms with E-state index in [0.717, 1.165) is 42.5 Å². The fourth-order valence-electron chi connectivity index (χ4n) is 4.31. The lowest BCUT2D eigenvalue weighted by molar-refractivity contribution is -0.137. The van der Waals surface area contributed by atoms with Crippen molar-refractivity contribution in [2.75, 3.05) is 32.7 Å². The van der Waals surface area contributed by atoms with Gasteiger partial charge in [-0.2, -0.15) is 0 Å². The average Bonchev–Trinajstić information content (AvgIpc) is 3.20. The van der Waals surface area contributed by atoms with Gasteiger partial charge in [0.2, 0.25) is 11.8 Å². The van der Waals surface area contributed by atoms with Crippen LogP contribution in [-0.2, 0) is 22.4 Å². The number of H-pyrrole nitrogens is 1. The second-order valence-corrected chi connectivity index (χ2v) is 8.22. The predicted octanol–water partition coefficient (Wildman–Crippen LogP) is 2.60. The van der Waals surface area contributed by atoms with Gasteiger partial charge in [-0.25, -0.2) is 0 Å². The molecule has 1 aromatic heterocycles. The summed E-state index contributed by atoms with van der Waals surface area (Å²) >= 11 is 0. The molecule has 1 fully saturated rings. The number of carbonyl (C=O) groups is 2. The summed E-state index contributed by atoms with van der Waals surface area (Å²) in [6.45, 7) is 5.57. The molecule has 162 valence electrons. The Bertz CT molecular complexity index is 1020. The van der Waals surface area contributed by atoms with Crippen LogP contribution in [0.5, 0.6) is 0 Å². The molecule has 0 bridgehead atoms. The molecule has 3 aromatic rings. The number of hydrogen-bond donors (Lipinski definition) is 2. The Morgan fingerprint density at radius 1 is 1.00 bits per heavy atom. The maximum Gasteiger partial charge on any atom is 0.245 e. The average molecular weight is 419 g/mol. The van der Waals surface area contributed by atoms with Crippen molar-refractivity contribution in [3.8, 4) is 0 Å². The summed E-state index contributed by atoms with van der Waals surface area (Å²) < 4.78 is 0. The lowest BCUT2D eigenvalue weighted by Gasteiger charge is -2.36. The molecule has 1 aliphatic rings. The first-order chi connectivity index (χ1) is 15.1. The monoisotopic (exact) mass is 418 g/mol. The first-order valence-corrected chi connectivity index (χ1v) is 11.0. The van der Waals surface area contributed by atoms with Crippen molar-refractivity contribution in [1.82, 2.24) is 20.1 Å². The van der Waals surface area contributed by atoms with Crippen molar-refractivity contribution in [1.29, 1.82) is 0 Å². The van der Waals surface area contributed by atoms with E-state index in [-0.39, 0.29) is 11.8 Å². The summed E-state index contributed by atoms with van der Waals surface area (Å²) in [7, 11) is 0. The number of amides is 2. The minimum atomic E-state index is -0.549. The van der Waals surface area contributed by atoms with E-state index < -0.39 is 6.04 Å². The standard InChI is InChI=1S/C25H30N4O2/c1-19(30)27-24(17-21-18-26-23-10-6-5-9-22(21)23)25(31)29-15-13-28(14-16-29)12-11-20-7-3-2-4-8-20/h2-10,18,24,26H,11-17H2,1H3,(H,27,30)/t24-/m0/s1. The van der Waals surface area contributed by atoms with Crippen molar-refractivity contribution >= 4 is 22.7 Å². The van der Waals surface area contributed by atoms with E-state index in [9.17, 15) is 9.59 Å². The molecule has 2 heterocycles. The molecule has 4 rings (SSSR count). The normalized spacial score (nSPS) is 15.7. The molecule has 0 radical (unpaired) electrons. The number of fused-ring (bicyclic) bond motifs is 1. The number of aromatic amines is 1.